The first-order valence-corrected chi connectivity index (χ1v) is 21.5. The molecule has 8 atom stereocenters. The predicted octanol–water partition coefficient (Wildman–Crippen LogP) is 7.07. The van der Waals surface area contributed by atoms with E-state index in [1.54, 1.807) is 24.3 Å². The van der Waals surface area contributed by atoms with E-state index in [9.17, 15) is 29.1 Å². The first-order valence-electron chi connectivity index (χ1n) is 20.7. The second-order valence-electron chi connectivity index (χ2n) is 16.8. The molecule has 2 heterocycles. The fraction of sp³-hybridized carbons (Fsp3) is 0.556. The van der Waals surface area contributed by atoms with Gasteiger partial charge in [-0.15, -0.1) is 11.3 Å². The molecule has 0 bridgehead atoms. The Hall–Kier alpha value is -4.62. The minimum absolute atomic E-state index is 0.0582. The van der Waals surface area contributed by atoms with Crippen molar-refractivity contribution in [3.63, 3.8) is 0 Å². The molecule has 1 aliphatic heterocycles. The van der Waals surface area contributed by atoms with Crippen molar-refractivity contribution in [1.82, 2.24) is 25.4 Å². The Morgan fingerprint density at radius 1 is 1.02 bits per heavy atom. The molecule has 1 aromatic heterocycles. The van der Waals surface area contributed by atoms with Crippen LogP contribution in [-0.2, 0) is 23.9 Å². The molecule has 3 aromatic rings. The van der Waals surface area contributed by atoms with E-state index in [0.29, 0.717) is 17.8 Å². The van der Waals surface area contributed by atoms with Gasteiger partial charge >= 0.3 is 11.9 Å². The summed E-state index contributed by atoms with van der Waals surface area (Å²) >= 11 is 1.19. The van der Waals surface area contributed by atoms with Crippen molar-refractivity contribution in [2.24, 2.45) is 17.8 Å². The number of carbonyl (C=O) groups excluding carboxylic acids is 4. The first-order chi connectivity index (χ1) is 27.5. The van der Waals surface area contributed by atoms with E-state index < -0.39 is 47.5 Å². The largest absolute Gasteiger partial charge is 0.481 e. The second-order valence-corrected chi connectivity index (χ2v) is 17.7. The average Bonchev–Trinajstić information content (AvgIpc) is 3.65. The summed E-state index contributed by atoms with van der Waals surface area (Å²) in [5.41, 5.74) is 2.54. The number of carboxylic acid groups (broad SMARTS) is 1. The zero-order valence-electron chi connectivity index (χ0n) is 35.2. The number of nitrogens with zero attached hydrogens (tertiary/aromatic N) is 3. The molecule has 2 aromatic carbocycles. The number of benzene rings is 2. The Balaban J connectivity index is 1.33. The molecular weight excluding hydrogens is 755 g/mol. The molecule has 314 valence electrons. The zero-order chi connectivity index (χ0) is 42.3. The number of carboxylic acids is 1. The normalized spacial score (nSPS) is 21.9. The Labute approximate surface area is 347 Å². The second kappa shape index (κ2) is 19.4. The van der Waals surface area contributed by atoms with Gasteiger partial charge in [-0.05, 0) is 67.8 Å². The van der Waals surface area contributed by atoms with Gasteiger partial charge < -0.3 is 25.4 Å². The first kappa shape index (κ1) is 44.5. The molecule has 3 N–H and O–H groups in total. The van der Waals surface area contributed by atoms with Crippen LogP contribution in [0.25, 0.3) is 11.1 Å². The summed E-state index contributed by atoms with van der Waals surface area (Å²) in [6.45, 7) is 11.8. The molecule has 0 radical (unpaired) electrons. The summed E-state index contributed by atoms with van der Waals surface area (Å²) in [7, 11) is 3.67. The maximum atomic E-state index is 14.3. The number of rotatable bonds is 18. The lowest BCUT2D eigenvalue weighted by Crippen LogP contribution is -2.58. The number of hydrogen-bond acceptors (Lipinski definition) is 9. The van der Waals surface area contributed by atoms with Crippen molar-refractivity contribution in [2.45, 2.75) is 122 Å². The van der Waals surface area contributed by atoms with Crippen molar-refractivity contribution in [1.29, 1.82) is 0 Å². The maximum absolute atomic E-state index is 14.3. The number of likely N-dealkylation sites (tertiary alicyclic amines) is 1. The van der Waals surface area contributed by atoms with Crippen LogP contribution >= 0.6 is 11.3 Å². The van der Waals surface area contributed by atoms with Crippen LogP contribution in [0.2, 0.25) is 0 Å². The van der Waals surface area contributed by atoms with Crippen LogP contribution in [0, 0.1) is 17.8 Å². The maximum Gasteiger partial charge on any atom is 0.306 e. The third-order valence-electron chi connectivity index (χ3n) is 12.2. The molecule has 3 unspecified atom stereocenters. The minimum Gasteiger partial charge on any atom is -0.481 e. The summed E-state index contributed by atoms with van der Waals surface area (Å²) in [4.78, 5) is 74.6. The van der Waals surface area contributed by atoms with Gasteiger partial charge in [0.1, 0.15) is 16.7 Å². The number of esters is 1. The van der Waals surface area contributed by atoms with Crippen LogP contribution in [0.5, 0.6) is 0 Å². The molecule has 13 heteroatoms. The molecule has 12 nitrogen and oxygen atoms in total. The smallest absolute Gasteiger partial charge is 0.306 e. The van der Waals surface area contributed by atoms with Crippen LogP contribution in [0.1, 0.15) is 120 Å². The summed E-state index contributed by atoms with van der Waals surface area (Å²) in [5.74, 6) is -3.20. The van der Waals surface area contributed by atoms with Crippen LogP contribution in [0.15, 0.2) is 60.0 Å². The standard InChI is InChI=1S/C45H61N5O7S/c1-9-28(4)39(47-41(53)36-17-13-14-22-49(36)7)43(54)50(8)37(27(2)3)23-38(57-30(6)51)42-46-35(26-58-42)40(52)48-45(24-29(5)44(55)56)25-34(45)33-20-18-32(19-21-33)31-15-11-10-12-16-31/h10-12,15-16,18-21,26-29,34,36-39H,9,13-14,17,22-25H2,1-8H3,(H,47,53)(H,48,52)(H,55,56)/t28?,29-,34?,36+,37?,38+,39-,45-/m0/s1. The van der Waals surface area contributed by atoms with Gasteiger partial charge in [0.2, 0.25) is 11.8 Å². The SMILES string of the molecule is CCC(C)[C@H](NC(=O)[C@H]1CCCCN1C)C(=O)N(C)C(C[C@@H](OC(C)=O)c1nc(C(=O)N[C@@]2(C[C@H](C)C(=O)O)CC2c2ccc(-c3ccccc3)cc2)cs1)C(C)C. The summed E-state index contributed by atoms with van der Waals surface area (Å²) in [5, 5.41) is 18.1. The molecule has 2 fully saturated rings. The molecule has 1 aliphatic carbocycles. The topological polar surface area (TPSA) is 158 Å². The number of aromatic nitrogens is 1. The third-order valence-corrected chi connectivity index (χ3v) is 13.1. The van der Waals surface area contributed by atoms with Gasteiger partial charge in [-0.3, -0.25) is 28.9 Å². The monoisotopic (exact) mass is 815 g/mol. The summed E-state index contributed by atoms with van der Waals surface area (Å²) < 4.78 is 5.83. The molecule has 1 saturated heterocycles. The Morgan fingerprint density at radius 2 is 1.69 bits per heavy atom. The minimum atomic E-state index is -0.934. The van der Waals surface area contributed by atoms with Crippen molar-refractivity contribution in [3.05, 3.63) is 76.2 Å². The van der Waals surface area contributed by atoms with Crippen LogP contribution < -0.4 is 10.6 Å². The number of hydrogen-bond donors (Lipinski definition) is 3. The molecule has 3 amide bonds. The highest BCUT2D eigenvalue weighted by molar-refractivity contribution is 7.09. The molecule has 0 spiro atoms. The van der Waals surface area contributed by atoms with Gasteiger partial charge in [-0.2, -0.15) is 0 Å². The van der Waals surface area contributed by atoms with Crippen LogP contribution in [0.3, 0.4) is 0 Å². The lowest BCUT2D eigenvalue weighted by molar-refractivity contribution is -0.149. The van der Waals surface area contributed by atoms with Gasteiger partial charge in [-0.25, -0.2) is 4.98 Å². The van der Waals surface area contributed by atoms with E-state index in [4.69, 9.17) is 4.74 Å². The van der Waals surface area contributed by atoms with E-state index >= 15 is 0 Å². The predicted molar refractivity (Wildman–Crippen MR) is 225 cm³/mol. The van der Waals surface area contributed by atoms with Gasteiger partial charge in [0.25, 0.3) is 5.91 Å². The number of ether oxygens (including phenoxy) is 1. The zero-order valence-corrected chi connectivity index (χ0v) is 36.0. The van der Waals surface area contributed by atoms with Crippen molar-refractivity contribution >= 4 is 41.0 Å². The lowest BCUT2D eigenvalue weighted by Gasteiger charge is -2.38. The number of likely N-dealkylation sites (N-methyl/N-ethyl adjacent to an activating group) is 2. The molecule has 1 saturated carbocycles. The highest BCUT2D eigenvalue weighted by Gasteiger charge is 2.57. The number of aliphatic carboxylic acids is 1. The van der Waals surface area contributed by atoms with Gasteiger partial charge in [0, 0.05) is 43.3 Å². The van der Waals surface area contributed by atoms with E-state index in [0.717, 1.165) is 42.5 Å². The number of thiazole rings is 1. The highest BCUT2D eigenvalue weighted by atomic mass is 32.1. The van der Waals surface area contributed by atoms with E-state index in [1.807, 2.05) is 94.2 Å². The molecule has 58 heavy (non-hydrogen) atoms. The molecule has 5 rings (SSSR count). The van der Waals surface area contributed by atoms with E-state index in [2.05, 4.69) is 15.6 Å². The Bertz CT molecular complexity index is 1900. The van der Waals surface area contributed by atoms with E-state index in [1.165, 1.54) is 18.3 Å². The molecular formula is C45H61N5O7S. The fourth-order valence-electron chi connectivity index (χ4n) is 8.38. The van der Waals surface area contributed by atoms with Gasteiger partial charge in [0.05, 0.1) is 12.0 Å². The van der Waals surface area contributed by atoms with Crippen molar-refractivity contribution in [2.75, 3.05) is 20.6 Å². The fourth-order valence-corrected chi connectivity index (χ4v) is 9.22. The van der Waals surface area contributed by atoms with Crippen LogP contribution in [-0.4, -0.2) is 93.9 Å². The van der Waals surface area contributed by atoms with Gasteiger partial charge in [-0.1, -0.05) is 102 Å². The number of nitrogens with one attached hydrogen (secondary N) is 2. The number of amides is 3. The highest BCUT2D eigenvalue weighted by Crippen LogP contribution is 2.55. The summed E-state index contributed by atoms with van der Waals surface area (Å²) in [6.07, 6.45) is 3.65. The Kier molecular flexibility index (Phi) is 14.9. The number of piperidine rings is 1. The van der Waals surface area contributed by atoms with Crippen molar-refractivity contribution < 1.29 is 33.8 Å². The lowest BCUT2D eigenvalue weighted by atomic mass is 9.92. The molecule has 2 aliphatic rings. The van der Waals surface area contributed by atoms with Crippen LogP contribution in [0.4, 0.5) is 0 Å². The van der Waals surface area contributed by atoms with E-state index in [-0.39, 0.29) is 54.1 Å². The third kappa shape index (κ3) is 10.7. The average molecular weight is 816 g/mol. The van der Waals surface area contributed by atoms with Crippen molar-refractivity contribution in [3.8, 4) is 11.1 Å². The quantitative estimate of drug-likeness (QED) is 0.114. The van der Waals surface area contributed by atoms with Gasteiger partial charge in [0.15, 0.2) is 6.10 Å². The Morgan fingerprint density at radius 3 is 2.29 bits per heavy atom. The number of carbonyl (C=O) groups is 5. The summed E-state index contributed by atoms with van der Waals surface area (Å²) in [6, 6.07) is 16.8.